The van der Waals surface area contributed by atoms with Crippen LogP contribution < -0.4 is 5.32 Å². The van der Waals surface area contributed by atoms with Crippen LogP contribution >= 0.6 is 0 Å². The van der Waals surface area contributed by atoms with Gasteiger partial charge in [0.25, 0.3) is 0 Å². The molecule has 0 aromatic heterocycles. The number of guanidine groups is 1. The van der Waals surface area contributed by atoms with Crippen molar-refractivity contribution in [2.75, 3.05) is 52.5 Å². The van der Waals surface area contributed by atoms with Crippen LogP contribution in [0.5, 0.6) is 0 Å². The number of aliphatic imine (C=N–C) groups is 1. The van der Waals surface area contributed by atoms with E-state index in [1.807, 2.05) is 6.92 Å². The lowest BCUT2D eigenvalue weighted by Gasteiger charge is -2.29. The molecular formula is C20H28FN5O. The maximum absolute atomic E-state index is 14.0. The van der Waals surface area contributed by atoms with Gasteiger partial charge in [-0.1, -0.05) is 0 Å². The SMILES string of the molecule is CCNC(=NCc1cc(C#N)ccc1F)N1CCC(CN2CCOCC2)C1. The van der Waals surface area contributed by atoms with Crippen molar-refractivity contribution in [1.29, 1.82) is 5.26 Å². The van der Waals surface area contributed by atoms with Gasteiger partial charge in [0.2, 0.25) is 0 Å². The topological polar surface area (TPSA) is 63.9 Å². The van der Waals surface area contributed by atoms with Crippen LogP contribution in [0.15, 0.2) is 23.2 Å². The minimum absolute atomic E-state index is 0.230. The predicted octanol–water partition coefficient (Wildman–Crippen LogP) is 1.82. The maximum Gasteiger partial charge on any atom is 0.194 e. The summed E-state index contributed by atoms with van der Waals surface area (Å²) in [6, 6.07) is 6.46. The first kappa shape index (κ1) is 19.6. The number of hydrogen-bond donors (Lipinski definition) is 1. The van der Waals surface area contributed by atoms with E-state index in [9.17, 15) is 4.39 Å². The molecule has 0 amide bonds. The van der Waals surface area contributed by atoms with Crippen molar-refractivity contribution in [3.63, 3.8) is 0 Å². The Labute approximate surface area is 160 Å². The lowest BCUT2D eigenvalue weighted by atomic mass is 10.1. The molecule has 1 aromatic rings. The van der Waals surface area contributed by atoms with E-state index in [-0.39, 0.29) is 12.4 Å². The monoisotopic (exact) mass is 373 g/mol. The fourth-order valence-electron chi connectivity index (χ4n) is 3.67. The highest BCUT2D eigenvalue weighted by atomic mass is 19.1. The van der Waals surface area contributed by atoms with E-state index < -0.39 is 0 Å². The van der Waals surface area contributed by atoms with Crippen molar-refractivity contribution in [1.82, 2.24) is 15.1 Å². The minimum atomic E-state index is -0.319. The van der Waals surface area contributed by atoms with E-state index in [0.29, 0.717) is 17.0 Å². The van der Waals surface area contributed by atoms with Crippen molar-refractivity contribution in [3.05, 3.63) is 35.1 Å². The third kappa shape index (κ3) is 5.41. The quantitative estimate of drug-likeness (QED) is 0.630. The first-order valence-electron chi connectivity index (χ1n) is 9.71. The smallest absolute Gasteiger partial charge is 0.194 e. The van der Waals surface area contributed by atoms with Gasteiger partial charge in [-0.3, -0.25) is 4.90 Å². The Balaban J connectivity index is 1.61. The van der Waals surface area contributed by atoms with E-state index in [1.54, 1.807) is 6.07 Å². The lowest BCUT2D eigenvalue weighted by molar-refractivity contribution is 0.0315. The second-order valence-corrected chi connectivity index (χ2v) is 7.10. The van der Waals surface area contributed by atoms with E-state index in [4.69, 9.17) is 10.00 Å². The molecule has 2 fully saturated rings. The van der Waals surface area contributed by atoms with Crippen molar-refractivity contribution in [3.8, 4) is 6.07 Å². The van der Waals surface area contributed by atoms with Gasteiger partial charge >= 0.3 is 0 Å². The van der Waals surface area contributed by atoms with Crippen LogP contribution in [0.25, 0.3) is 0 Å². The number of halogens is 1. The number of ether oxygens (including phenoxy) is 1. The van der Waals surface area contributed by atoms with Gasteiger partial charge in [-0.05, 0) is 37.5 Å². The molecule has 2 saturated heterocycles. The van der Waals surface area contributed by atoms with Crippen LogP contribution in [-0.4, -0.2) is 68.2 Å². The molecule has 0 saturated carbocycles. The van der Waals surface area contributed by atoms with Crippen molar-refractivity contribution in [2.24, 2.45) is 10.9 Å². The zero-order valence-corrected chi connectivity index (χ0v) is 16.0. The number of likely N-dealkylation sites (tertiary alicyclic amines) is 1. The molecule has 2 aliphatic rings. The second-order valence-electron chi connectivity index (χ2n) is 7.10. The molecule has 2 heterocycles. The average molecular weight is 373 g/mol. The van der Waals surface area contributed by atoms with Crippen molar-refractivity contribution >= 4 is 5.96 Å². The van der Waals surface area contributed by atoms with Crippen molar-refractivity contribution in [2.45, 2.75) is 19.9 Å². The highest BCUT2D eigenvalue weighted by molar-refractivity contribution is 5.80. The van der Waals surface area contributed by atoms with Crippen LogP contribution in [0.1, 0.15) is 24.5 Å². The summed E-state index contributed by atoms with van der Waals surface area (Å²) in [5, 5.41) is 12.3. The summed E-state index contributed by atoms with van der Waals surface area (Å²) in [4.78, 5) is 9.37. The number of morpholine rings is 1. The Kier molecular flexibility index (Phi) is 7.02. The highest BCUT2D eigenvalue weighted by Crippen LogP contribution is 2.19. The molecule has 2 aliphatic heterocycles. The largest absolute Gasteiger partial charge is 0.379 e. The standard InChI is InChI=1S/C20H28FN5O/c1-2-23-20(24-13-18-11-16(12-22)3-4-19(18)21)26-6-5-17(15-26)14-25-7-9-27-10-8-25/h3-4,11,17H,2,5-10,13-15H2,1H3,(H,23,24). The molecule has 1 aromatic carbocycles. The molecule has 0 aliphatic carbocycles. The van der Waals surface area contributed by atoms with E-state index >= 15 is 0 Å². The summed E-state index contributed by atoms with van der Waals surface area (Å²) in [5.41, 5.74) is 0.909. The first-order valence-corrected chi connectivity index (χ1v) is 9.71. The van der Waals surface area contributed by atoms with Crippen molar-refractivity contribution < 1.29 is 9.13 Å². The van der Waals surface area contributed by atoms with Gasteiger partial charge in [-0.15, -0.1) is 0 Å². The van der Waals surface area contributed by atoms with Crippen LogP contribution in [0.2, 0.25) is 0 Å². The summed E-state index contributed by atoms with van der Waals surface area (Å²) in [7, 11) is 0. The van der Waals surface area contributed by atoms with Crippen LogP contribution in [0.4, 0.5) is 4.39 Å². The van der Waals surface area contributed by atoms with Gasteiger partial charge in [-0.25, -0.2) is 9.38 Å². The Morgan fingerprint density at radius 1 is 1.37 bits per heavy atom. The third-order valence-corrected chi connectivity index (χ3v) is 5.11. The van der Waals surface area contributed by atoms with Gasteiger partial charge in [0.05, 0.1) is 31.4 Å². The Morgan fingerprint density at radius 3 is 2.93 bits per heavy atom. The number of rotatable bonds is 5. The Hall–Kier alpha value is -2.17. The number of hydrogen-bond acceptors (Lipinski definition) is 4. The van der Waals surface area contributed by atoms with Crippen LogP contribution in [0.3, 0.4) is 0 Å². The number of nitrogens with one attached hydrogen (secondary N) is 1. The van der Waals surface area contributed by atoms with E-state index in [0.717, 1.165) is 64.9 Å². The molecule has 3 rings (SSSR count). The molecule has 7 heteroatoms. The normalized spacial score (nSPS) is 21.3. The zero-order chi connectivity index (χ0) is 19.1. The zero-order valence-electron chi connectivity index (χ0n) is 16.0. The molecule has 1 unspecified atom stereocenters. The number of nitriles is 1. The third-order valence-electron chi connectivity index (χ3n) is 5.11. The molecule has 146 valence electrons. The molecular weight excluding hydrogens is 345 g/mol. The molecule has 27 heavy (non-hydrogen) atoms. The van der Waals surface area contributed by atoms with Gasteiger partial charge in [-0.2, -0.15) is 5.26 Å². The van der Waals surface area contributed by atoms with Crippen LogP contribution in [0, 0.1) is 23.1 Å². The van der Waals surface area contributed by atoms with Gasteiger partial charge < -0.3 is 15.0 Å². The van der Waals surface area contributed by atoms with E-state index in [1.165, 1.54) is 12.1 Å². The first-order chi connectivity index (χ1) is 13.2. The summed E-state index contributed by atoms with van der Waals surface area (Å²) in [6.45, 7) is 9.73. The molecule has 0 bridgehead atoms. The van der Waals surface area contributed by atoms with Gasteiger partial charge in [0.15, 0.2) is 5.96 Å². The Bertz CT molecular complexity index is 696. The average Bonchev–Trinajstić information content (AvgIpc) is 3.15. The highest BCUT2D eigenvalue weighted by Gasteiger charge is 2.27. The minimum Gasteiger partial charge on any atom is -0.379 e. The Morgan fingerprint density at radius 2 is 2.19 bits per heavy atom. The molecule has 1 N–H and O–H groups in total. The summed E-state index contributed by atoms with van der Waals surface area (Å²) in [6.07, 6.45) is 1.14. The van der Waals surface area contributed by atoms with E-state index in [2.05, 4.69) is 26.2 Å². The predicted molar refractivity (Wildman–Crippen MR) is 103 cm³/mol. The lowest BCUT2D eigenvalue weighted by Crippen LogP contribution is -2.42. The van der Waals surface area contributed by atoms with Crippen LogP contribution in [-0.2, 0) is 11.3 Å². The number of benzene rings is 1. The summed E-state index contributed by atoms with van der Waals surface area (Å²) >= 11 is 0. The fourth-order valence-corrected chi connectivity index (χ4v) is 3.67. The molecule has 1 atom stereocenters. The maximum atomic E-state index is 14.0. The summed E-state index contributed by atoms with van der Waals surface area (Å²) in [5.74, 6) is 1.12. The molecule has 0 spiro atoms. The fraction of sp³-hybridized carbons (Fsp3) is 0.600. The summed E-state index contributed by atoms with van der Waals surface area (Å²) < 4.78 is 19.4. The number of nitrogens with zero attached hydrogens (tertiary/aromatic N) is 4. The van der Waals surface area contributed by atoms with Gasteiger partial charge in [0.1, 0.15) is 5.82 Å². The molecule has 0 radical (unpaired) electrons. The van der Waals surface area contributed by atoms with Gasteiger partial charge in [0, 0.05) is 44.8 Å². The second kappa shape index (κ2) is 9.67. The molecule has 6 nitrogen and oxygen atoms in total.